The second kappa shape index (κ2) is 6.46. The van der Waals surface area contributed by atoms with Crippen LogP contribution in [0.5, 0.6) is 0 Å². The maximum absolute atomic E-state index is 13.1. The van der Waals surface area contributed by atoms with Crippen molar-refractivity contribution in [3.8, 4) is 0 Å². The summed E-state index contributed by atoms with van der Waals surface area (Å²) in [5.41, 5.74) is 5.92. The minimum Gasteiger partial charge on any atom is -0.383 e. The first kappa shape index (κ1) is 15.8. The first-order valence-corrected chi connectivity index (χ1v) is 7.02. The molecule has 1 aliphatic rings. The molecular weight excluding hydrogens is 282 g/mol. The SMILES string of the molecule is COCCn1nc(CC2CCC(F)(F)CC2)c(C(N)=O)n1. The van der Waals surface area contributed by atoms with Crippen molar-refractivity contribution >= 4 is 5.91 Å². The van der Waals surface area contributed by atoms with Crippen LogP contribution in [0.2, 0.25) is 0 Å². The van der Waals surface area contributed by atoms with Crippen LogP contribution in [0.1, 0.15) is 41.9 Å². The minimum atomic E-state index is -2.56. The van der Waals surface area contributed by atoms with Gasteiger partial charge in [0.15, 0.2) is 5.69 Å². The molecule has 0 aromatic carbocycles. The van der Waals surface area contributed by atoms with Gasteiger partial charge in [-0.05, 0) is 25.2 Å². The van der Waals surface area contributed by atoms with Gasteiger partial charge in [-0.25, -0.2) is 8.78 Å². The number of primary amides is 1. The second-order valence-corrected chi connectivity index (χ2v) is 5.45. The van der Waals surface area contributed by atoms with Gasteiger partial charge in [0.2, 0.25) is 5.92 Å². The Morgan fingerprint density at radius 2 is 2.10 bits per heavy atom. The highest BCUT2D eigenvalue weighted by Crippen LogP contribution is 2.37. The number of aromatic nitrogens is 3. The van der Waals surface area contributed by atoms with Crippen molar-refractivity contribution in [1.82, 2.24) is 15.0 Å². The summed E-state index contributed by atoms with van der Waals surface area (Å²) in [7, 11) is 1.56. The molecule has 2 rings (SSSR count). The van der Waals surface area contributed by atoms with Crippen LogP contribution in [0.4, 0.5) is 8.78 Å². The van der Waals surface area contributed by atoms with E-state index in [0.29, 0.717) is 38.1 Å². The van der Waals surface area contributed by atoms with Gasteiger partial charge in [0.05, 0.1) is 18.8 Å². The van der Waals surface area contributed by atoms with Crippen molar-refractivity contribution in [2.24, 2.45) is 11.7 Å². The molecule has 21 heavy (non-hydrogen) atoms. The topological polar surface area (TPSA) is 83.0 Å². The van der Waals surface area contributed by atoms with Crippen LogP contribution in [0.15, 0.2) is 0 Å². The zero-order valence-corrected chi connectivity index (χ0v) is 12.0. The zero-order valence-electron chi connectivity index (χ0n) is 12.0. The lowest BCUT2D eigenvalue weighted by Gasteiger charge is -2.27. The fourth-order valence-electron chi connectivity index (χ4n) is 2.56. The summed E-state index contributed by atoms with van der Waals surface area (Å²) in [5.74, 6) is -3.11. The van der Waals surface area contributed by atoms with E-state index < -0.39 is 11.8 Å². The van der Waals surface area contributed by atoms with E-state index >= 15 is 0 Å². The third kappa shape index (κ3) is 4.20. The lowest BCUT2D eigenvalue weighted by molar-refractivity contribution is -0.0457. The van der Waals surface area contributed by atoms with Crippen molar-refractivity contribution in [2.75, 3.05) is 13.7 Å². The van der Waals surface area contributed by atoms with Crippen LogP contribution in [0, 0.1) is 5.92 Å². The molecule has 1 saturated carbocycles. The maximum atomic E-state index is 13.1. The largest absolute Gasteiger partial charge is 0.383 e. The van der Waals surface area contributed by atoms with Crippen LogP contribution in [0.25, 0.3) is 0 Å². The highest BCUT2D eigenvalue weighted by molar-refractivity contribution is 5.91. The molecule has 1 fully saturated rings. The summed E-state index contributed by atoms with van der Waals surface area (Å²) in [5, 5.41) is 8.28. The Bertz CT molecular complexity index is 494. The number of nitrogens with two attached hydrogens (primary N) is 1. The van der Waals surface area contributed by atoms with Gasteiger partial charge >= 0.3 is 0 Å². The third-order valence-corrected chi connectivity index (χ3v) is 3.77. The fourth-order valence-corrected chi connectivity index (χ4v) is 2.56. The quantitative estimate of drug-likeness (QED) is 0.861. The third-order valence-electron chi connectivity index (χ3n) is 3.77. The van der Waals surface area contributed by atoms with Crippen molar-refractivity contribution < 1.29 is 18.3 Å². The molecule has 0 spiro atoms. The number of amides is 1. The minimum absolute atomic E-state index is 0.0929. The van der Waals surface area contributed by atoms with E-state index in [1.165, 1.54) is 4.80 Å². The Labute approximate surface area is 121 Å². The summed E-state index contributed by atoms with van der Waals surface area (Å²) in [6.07, 6.45) is 1.09. The van der Waals surface area contributed by atoms with Crippen molar-refractivity contribution in [3.05, 3.63) is 11.4 Å². The summed E-state index contributed by atoms with van der Waals surface area (Å²) in [6, 6.07) is 0. The average molecular weight is 302 g/mol. The monoisotopic (exact) mass is 302 g/mol. The molecule has 118 valence electrons. The smallest absolute Gasteiger partial charge is 0.271 e. The Balaban J connectivity index is 2.04. The van der Waals surface area contributed by atoms with Crippen LogP contribution < -0.4 is 5.73 Å². The molecule has 1 amide bonds. The number of hydrogen-bond donors (Lipinski definition) is 1. The number of nitrogens with zero attached hydrogens (tertiary/aromatic N) is 3. The Morgan fingerprint density at radius 3 is 2.67 bits per heavy atom. The number of halogens is 2. The lowest BCUT2D eigenvalue weighted by Crippen LogP contribution is -2.26. The van der Waals surface area contributed by atoms with E-state index in [9.17, 15) is 13.6 Å². The number of alkyl halides is 2. The molecule has 0 aliphatic heterocycles. The summed E-state index contributed by atoms with van der Waals surface area (Å²) < 4.78 is 31.2. The average Bonchev–Trinajstić information content (AvgIpc) is 2.82. The van der Waals surface area contributed by atoms with Crippen LogP contribution in [-0.2, 0) is 17.7 Å². The van der Waals surface area contributed by atoms with Gasteiger partial charge in [-0.2, -0.15) is 9.90 Å². The molecule has 0 atom stereocenters. The van der Waals surface area contributed by atoms with E-state index in [-0.39, 0.29) is 24.5 Å². The highest BCUT2D eigenvalue weighted by atomic mass is 19.3. The number of ether oxygens (including phenoxy) is 1. The molecule has 6 nitrogen and oxygen atoms in total. The zero-order chi connectivity index (χ0) is 15.5. The molecule has 1 heterocycles. The van der Waals surface area contributed by atoms with Crippen LogP contribution in [-0.4, -0.2) is 40.5 Å². The number of carbonyl (C=O) groups is 1. The Kier molecular flexibility index (Phi) is 4.87. The Hall–Kier alpha value is -1.57. The maximum Gasteiger partial charge on any atom is 0.271 e. The number of methoxy groups -OCH3 is 1. The first-order valence-electron chi connectivity index (χ1n) is 7.02. The number of hydrogen-bond acceptors (Lipinski definition) is 4. The van der Waals surface area contributed by atoms with Gasteiger partial charge in [-0.15, -0.1) is 5.10 Å². The first-order chi connectivity index (χ1) is 9.91. The fraction of sp³-hybridized carbons (Fsp3) is 0.769. The van der Waals surface area contributed by atoms with Gasteiger partial charge in [0.1, 0.15) is 0 Å². The second-order valence-electron chi connectivity index (χ2n) is 5.45. The number of rotatable bonds is 6. The van der Waals surface area contributed by atoms with Gasteiger partial charge in [-0.3, -0.25) is 4.79 Å². The van der Waals surface area contributed by atoms with Crippen molar-refractivity contribution in [3.63, 3.8) is 0 Å². The van der Waals surface area contributed by atoms with Gasteiger partial charge < -0.3 is 10.5 Å². The summed E-state index contributed by atoms with van der Waals surface area (Å²) in [4.78, 5) is 12.8. The van der Waals surface area contributed by atoms with Crippen LogP contribution in [0.3, 0.4) is 0 Å². The molecule has 0 saturated heterocycles. The van der Waals surface area contributed by atoms with E-state index in [1.54, 1.807) is 7.11 Å². The van der Waals surface area contributed by atoms with Gasteiger partial charge in [0, 0.05) is 20.0 Å². The number of carbonyl (C=O) groups excluding carboxylic acids is 1. The highest BCUT2D eigenvalue weighted by Gasteiger charge is 2.35. The van der Waals surface area contributed by atoms with Gasteiger partial charge in [-0.1, -0.05) is 0 Å². The summed E-state index contributed by atoms with van der Waals surface area (Å²) >= 11 is 0. The standard InChI is InChI=1S/C13H20F2N4O2/c1-21-7-6-19-17-10(11(18-19)12(16)20)8-9-2-4-13(14,15)5-3-9/h9H,2-8H2,1H3,(H2,16,20). The molecule has 8 heteroatoms. The van der Waals surface area contributed by atoms with E-state index in [2.05, 4.69) is 10.2 Å². The molecule has 1 aromatic rings. The van der Waals surface area contributed by atoms with Crippen LogP contribution >= 0.6 is 0 Å². The predicted molar refractivity (Wildman–Crippen MR) is 71.0 cm³/mol. The normalized spacial score (nSPS) is 18.8. The van der Waals surface area contributed by atoms with E-state index in [1.807, 2.05) is 0 Å². The van der Waals surface area contributed by atoms with E-state index in [0.717, 1.165) is 0 Å². The molecule has 2 N–H and O–H groups in total. The predicted octanol–water partition coefficient (Wildman–Crippen LogP) is 1.39. The molecule has 0 unspecified atom stereocenters. The van der Waals surface area contributed by atoms with Crippen molar-refractivity contribution in [1.29, 1.82) is 0 Å². The molecule has 1 aromatic heterocycles. The van der Waals surface area contributed by atoms with Crippen molar-refractivity contribution in [2.45, 2.75) is 44.6 Å². The molecular formula is C13H20F2N4O2. The van der Waals surface area contributed by atoms with E-state index in [4.69, 9.17) is 10.5 Å². The summed E-state index contributed by atoms with van der Waals surface area (Å²) in [6.45, 7) is 0.835. The molecule has 0 bridgehead atoms. The lowest BCUT2D eigenvalue weighted by atomic mass is 9.84. The Morgan fingerprint density at radius 1 is 1.43 bits per heavy atom. The van der Waals surface area contributed by atoms with Gasteiger partial charge in [0.25, 0.3) is 5.91 Å². The molecule has 0 radical (unpaired) electrons. The molecule has 1 aliphatic carbocycles.